The summed E-state index contributed by atoms with van der Waals surface area (Å²) in [4.78, 5) is 17.4. The summed E-state index contributed by atoms with van der Waals surface area (Å²) in [5.74, 6) is 5.24. The van der Waals surface area contributed by atoms with Gasteiger partial charge in [-0.3, -0.25) is 4.79 Å². The molecule has 0 saturated carbocycles. The van der Waals surface area contributed by atoms with Gasteiger partial charge in [-0.25, -0.2) is 4.98 Å². The molecule has 0 aliphatic heterocycles. The van der Waals surface area contributed by atoms with Crippen LogP contribution in [0.3, 0.4) is 0 Å². The number of aliphatic hydroxyl groups is 1. The molecule has 5 nitrogen and oxygen atoms in total. The van der Waals surface area contributed by atoms with E-state index in [1.165, 1.54) is 11.3 Å². The minimum atomic E-state index is -0.179. The number of aromatic nitrogens is 2. The Labute approximate surface area is 121 Å². The average molecular weight is 289 g/mol. The van der Waals surface area contributed by atoms with Crippen molar-refractivity contribution in [1.82, 2.24) is 14.9 Å². The first-order valence-corrected chi connectivity index (χ1v) is 6.97. The van der Waals surface area contributed by atoms with Crippen LogP contribution in [0, 0.1) is 11.8 Å². The van der Waals surface area contributed by atoms with Crippen molar-refractivity contribution in [2.45, 2.75) is 19.5 Å². The third kappa shape index (κ3) is 3.95. The molecule has 20 heavy (non-hydrogen) atoms. The molecule has 1 amide bonds. The van der Waals surface area contributed by atoms with Crippen LogP contribution in [0.5, 0.6) is 0 Å². The highest BCUT2D eigenvalue weighted by Crippen LogP contribution is 2.15. The zero-order valence-corrected chi connectivity index (χ0v) is 11.9. The summed E-state index contributed by atoms with van der Waals surface area (Å²) in [5, 5.41) is 11.6. The molecule has 2 aromatic heterocycles. The Morgan fingerprint density at radius 3 is 3.15 bits per heavy atom. The fourth-order valence-corrected chi connectivity index (χ4v) is 2.49. The first kappa shape index (κ1) is 14.3. The topological polar surface area (TPSA) is 67.2 Å². The summed E-state index contributed by atoms with van der Waals surface area (Å²) in [6.07, 6.45) is 5.28. The van der Waals surface area contributed by atoms with Crippen molar-refractivity contribution in [2.24, 2.45) is 0 Å². The normalized spacial score (nSPS) is 11.5. The third-order valence-corrected chi connectivity index (χ3v) is 3.54. The molecule has 2 aromatic rings. The Bertz CT molecular complexity index is 622. The van der Waals surface area contributed by atoms with Gasteiger partial charge in [-0.2, -0.15) is 0 Å². The number of aliphatic hydroxyl groups excluding tert-OH is 1. The van der Waals surface area contributed by atoms with Gasteiger partial charge in [0.1, 0.15) is 6.61 Å². The van der Waals surface area contributed by atoms with E-state index >= 15 is 0 Å². The number of hydrogen-bond acceptors (Lipinski definition) is 4. The monoisotopic (exact) mass is 289 g/mol. The van der Waals surface area contributed by atoms with Crippen molar-refractivity contribution in [1.29, 1.82) is 0 Å². The molecule has 0 saturated heterocycles. The molecule has 104 valence electrons. The smallest absolute Gasteiger partial charge is 0.261 e. The van der Waals surface area contributed by atoms with Gasteiger partial charge < -0.3 is 15.0 Å². The van der Waals surface area contributed by atoms with Crippen molar-refractivity contribution in [2.75, 3.05) is 6.61 Å². The van der Waals surface area contributed by atoms with Crippen LogP contribution in [0.2, 0.25) is 0 Å². The zero-order valence-electron chi connectivity index (χ0n) is 11.0. The second-order valence-electron chi connectivity index (χ2n) is 4.26. The van der Waals surface area contributed by atoms with E-state index in [4.69, 9.17) is 5.11 Å². The quantitative estimate of drug-likeness (QED) is 0.829. The maximum atomic E-state index is 12.0. The molecule has 0 aromatic carbocycles. The summed E-state index contributed by atoms with van der Waals surface area (Å²) in [6.45, 7) is 2.44. The number of nitrogens with zero attached hydrogens (tertiary/aromatic N) is 2. The molecular weight excluding hydrogens is 274 g/mol. The first-order valence-electron chi connectivity index (χ1n) is 6.15. The molecule has 1 atom stereocenters. The van der Waals surface area contributed by atoms with Crippen LogP contribution in [0.4, 0.5) is 0 Å². The van der Waals surface area contributed by atoms with E-state index in [0.29, 0.717) is 11.4 Å². The van der Waals surface area contributed by atoms with Gasteiger partial charge in [-0.05, 0) is 19.1 Å². The van der Waals surface area contributed by atoms with Gasteiger partial charge >= 0.3 is 0 Å². The first-order chi connectivity index (χ1) is 9.69. The van der Waals surface area contributed by atoms with Gasteiger partial charge in [0.25, 0.3) is 5.91 Å². The number of carbonyl (C=O) groups is 1. The minimum absolute atomic E-state index is 0.00535. The molecule has 0 fully saturated rings. The lowest BCUT2D eigenvalue weighted by atomic mass is 10.3. The maximum Gasteiger partial charge on any atom is 0.261 e. The lowest BCUT2D eigenvalue weighted by molar-refractivity contribution is 0.0941. The lowest BCUT2D eigenvalue weighted by Gasteiger charge is -2.13. The van der Waals surface area contributed by atoms with E-state index < -0.39 is 0 Å². The summed E-state index contributed by atoms with van der Waals surface area (Å²) in [7, 11) is 0. The van der Waals surface area contributed by atoms with Crippen LogP contribution in [0.15, 0.2) is 30.9 Å². The summed E-state index contributed by atoms with van der Waals surface area (Å²) < 4.78 is 1.91. The van der Waals surface area contributed by atoms with Crippen molar-refractivity contribution in [3.63, 3.8) is 0 Å². The Balaban J connectivity index is 1.92. The van der Waals surface area contributed by atoms with Crippen LogP contribution in [-0.4, -0.2) is 33.2 Å². The maximum absolute atomic E-state index is 12.0. The molecular formula is C14H15N3O2S. The zero-order chi connectivity index (χ0) is 14.4. The Hall–Kier alpha value is -2.10. The van der Waals surface area contributed by atoms with Crippen LogP contribution < -0.4 is 5.32 Å². The second-order valence-corrected chi connectivity index (χ2v) is 5.34. The molecule has 1 unspecified atom stereocenters. The number of hydrogen-bond donors (Lipinski definition) is 2. The summed E-state index contributed by atoms with van der Waals surface area (Å²) in [6, 6.07) is 3.53. The Morgan fingerprint density at radius 2 is 2.45 bits per heavy atom. The van der Waals surface area contributed by atoms with E-state index in [9.17, 15) is 4.79 Å². The van der Waals surface area contributed by atoms with Crippen LogP contribution in [0.25, 0.3) is 0 Å². The molecule has 0 bridgehead atoms. The second kappa shape index (κ2) is 6.89. The molecule has 0 spiro atoms. The number of nitrogens with one attached hydrogen (secondary N) is 1. The van der Waals surface area contributed by atoms with Gasteiger partial charge in [0.05, 0.1) is 16.1 Å². The molecule has 0 radical (unpaired) electrons. The number of rotatable bonds is 4. The van der Waals surface area contributed by atoms with Crippen molar-refractivity contribution in [3.05, 3.63) is 40.6 Å². The van der Waals surface area contributed by atoms with Crippen LogP contribution in [0.1, 0.15) is 21.5 Å². The SMILES string of the molecule is CC(Cn1ccnc1)NC(=O)c1ccc(C#CCO)s1. The predicted octanol–water partition coefficient (Wildman–Crippen LogP) is 1.11. The Morgan fingerprint density at radius 1 is 1.60 bits per heavy atom. The predicted molar refractivity (Wildman–Crippen MR) is 77.4 cm³/mol. The van der Waals surface area contributed by atoms with Gasteiger partial charge in [0.15, 0.2) is 0 Å². The van der Waals surface area contributed by atoms with E-state index in [0.717, 1.165) is 4.88 Å². The largest absolute Gasteiger partial charge is 0.384 e. The molecule has 2 rings (SSSR count). The average Bonchev–Trinajstić information content (AvgIpc) is 3.07. The number of carbonyl (C=O) groups excluding carboxylic acids is 1. The van der Waals surface area contributed by atoms with Gasteiger partial charge in [0, 0.05) is 25.0 Å². The molecule has 2 heterocycles. The van der Waals surface area contributed by atoms with Gasteiger partial charge in [0.2, 0.25) is 0 Å². The fraction of sp³-hybridized carbons (Fsp3) is 0.286. The van der Waals surface area contributed by atoms with Crippen molar-refractivity contribution < 1.29 is 9.90 Å². The van der Waals surface area contributed by atoms with Gasteiger partial charge in [-0.1, -0.05) is 11.8 Å². The molecule has 0 aliphatic rings. The van der Waals surface area contributed by atoms with Gasteiger partial charge in [-0.15, -0.1) is 11.3 Å². The number of thiophene rings is 1. The highest BCUT2D eigenvalue weighted by atomic mass is 32.1. The molecule has 2 N–H and O–H groups in total. The van der Waals surface area contributed by atoms with Crippen molar-refractivity contribution >= 4 is 17.2 Å². The summed E-state index contributed by atoms with van der Waals surface area (Å²) >= 11 is 1.31. The molecule has 6 heteroatoms. The Kier molecular flexibility index (Phi) is 4.93. The van der Waals surface area contributed by atoms with Crippen LogP contribution >= 0.6 is 11.3 Å². The molecule has 0 aliphatic carbocycles. The van der Waals surface area contributed by atoms with Crippen molar-refractivity contribution in [3.8, 4) is 11.8 Å². The van der Waals surface area contributed by atoms with E-state index in [1.807, 2.05) is 17.7 Å². The highest BCUT2D eigenvalue weighted by molar-refractivity contribution is 7.14. The van der Waals surface area contributed by atoms with Crippen LogP contribution in [-0.2, 0) is 6.54 Å². The number of imidazole rings is 1. The lowest BCUT2D eigenvalue weighted by Crippen LogP contribution is -2.35. The fourth-order valence-electron chi connectivity index (χ4n) is 1.71. The minimum Gasteiger partial charge on any atom is -0.384 e. The third-order valence-electron chi connectivity index (χ3n) is 2.54. The highest BCUT2D eigenvalue weighted by Gasteiger charge is 2.12. The summed E-state index contributed by atoms with van der Waals surface area (Å²) in [5.41, 5.74) is 0. The standard InChI is InChI=1S/C14H15N3O2S/c1-11(9-17-7-6-15-10-17)16-14(19)13-5-4-12(20-13)3-2-8-18/h4-7,10-11,18H,8-9H2,1H3,(H,16,19). The van der Waals surface area contributed by atoms with E-state index in [1.54, 1.807) is 24.7 Å². The number of amides is 1. The van der Waals surface area contributed by atoms with E-state index in [2.05, 4.69) is 22.1 Å². The van der Waals surface area contributed by atoms with E-state index in [-0.39, 0.29) is 18.6 Å².